The van der Waals surface area contributed by atoms with Gasteiger partial charge >= 0.3 is 0 Å². The van der Waals surface area contributed by atoms with Gasteiger partial charge in [0.05, 0.1) is 0 Å². The molecule has 1 aliphatic carbocycles. The summed E-state index contributed by atoms with van der Waals surface area (Å²) < 4.78 is 0. The zero-order valence-corrected chi connectivity index (χ0v) is 8.45. The third-order valence-electron chi connectivity index (χ3n) is 3.38. The van der Waals surface area contributed by atoms with E-state index in [1.807, 2.05) is 0 Å². The molecule has 2 aliphatic rings. The number of hydrogen-bond donors (Lipinski definition) is 0. The quantitative estimate of drug-likeness (QED) is 0.656. The first-order valence-corrected chi connectivity index (χ1v) is 5.96. The van der Waals surface area contributed by atoms with Crippen LogP contribution in [-0.2, 0) is 4.79 Å². The molecule has 1 aliphatic heterocycles. The predicted molar refractivity (Wildman–Crippen MR) is 52.4 cm³/mol. The second-order valence-electron chi connectivity index (χ2n) is 4.28. The van der Waals surface area contributed by atoms with Crippen LogP contribution >= 0.6 is 11.8 Å². The fourth-order valence-electron chi connectivity index (χ4n) is 2.46. The molecule has 1 atom stereocenters. The van der Waals surface area contributed by atoms with Crippen LogP contribution in [-0.4, -0.2) is 17.3 Å². The van der Waals surface area contributed by atoms with Crippen molar-refractivity contribution in [3.8, 4) is 0 Å². The third-order valence-corrected chi connectivity index (χ3v) is 4.37. The van der Waals surface area contributed by atoms with Gasteiger partial charge in [0.2, 0.25) is 0 Å². The van der Waals surface area contributed by atoms with Gasteiger partial charge < -0.3 is 4.79 Å². The summed E-state index contributed by atoms with van der Waals surface area (Å²) in [5.74, 6) is 3.80. The van der Waals surface area contributed by atoms with Crippen LogP contribution < -0.4 is 0 Å². The number of rotatable bonds is 2. The molecule has 2 fully saturated rings. The largest absolute Gasteiger partial charge is 0.300 e. The second kappa shape index (κ2) is 3.06. The van der Waals surface area contributed by atoms with Crippen LogP contribution in [0.3, 0.4) is 0 Å². The minimum atomic E-state index is 0.384. The van der Waals surface area contributed by atoms with Gasteiger partial charge in [-0.3, -0.25) is 0 Å². The molecule has 1 unspecified atom stereocenters. The van der Waals surface area contributed by atoms with Gasteiger partial charge in [-0.2, -0.15) is 11.8 Å². The van der Waals surface area contributed by atoms with E-state index in [1.54, 1.807) is 6.92 Å². The molecule has 12 heavy (non-hydrogen) atoms. The summed E-state index contributed by atoms with van der Waals surface area (Å²) in [5, 5.41) is 0. The van der Waals surface area contributed by atoms with Crippen molar-refractivity contribution in [1.82, 2.24) is 0 Å². The number of thioether (sulfide) groups is 1. The van der Waals surface area contributed by atoms with Crippen LogP contribution in [0.4, 0.5) is 0 Å². The Morgan fingerprint density at radius 3 is 2.75 bits per heavy atom. The SMILES string of the molecule is CC(=O)CC1CC12CCSCC2. The normalized spacial score (nSPS) is 31.9. The molecule has 0 N–H and O–H groups in total. The van der Waals surface area contributed by atoms with Crippen molar-refractivity contribution in [2.75, 3.05) is 11.5 Å². The topological polar surface area (TPSA) is 17.1 Å². The number of carbonyl (C=O) groups is 1. The van der Waals surface area contributed by atoms with Gasteiger partial charge in [0.15, 0.2) is 0 Å². The fraction of sp³-hybridized carbons (Fsp3) is 0.900. The van der Waals surface area contributed by atoms with Crippen molar-refractivity contribution in [2.45, 2.75) is 32.6 Å². The van der Waals surface area contributed by atoms with Crippen LogP contribution in [0.15, 0.2) is 0 Å². The number of hydrogen-bond acceptors (Lipinski definition) is 2. The minimum Gasteiger partial charge on any atom is -0.300 e. The number of Topliss-reactive ketones (excluding diaryl/α,β-unsaturated/α-hetero) is 1. The number of ketones is 1. The summed E-state index contributed by atoms with van der Waals surface area (Å²) in [6.07, 6.45) is 4.93. The second-order valence-corrected chi connectivity index (χ2v) is 5.51. The molecule has 0 amide bonds. The third kappa shape index (κ3) is 1.54. The molecule has 68 valence electrons. The highest BCUT2D eigenvalue weighted by Crippen LogP contribution is 2.61. The van der Waals surface area contributed by atoms with Crippen LogP contribution in [0.25, 0.3) is 0 Å². The molecule has 0 aromatic rings. The lowest BCUT2D eigenvalue weighted by molar-refractivity contribution is -0.117. The van der Waals surface area contributed by atoms with E-state index in [0.717, 1.165) is 12.3 Å². The Kier molecular flexibility index (Phi) is 2.19. The maximum absolute atomic E-state index is 10.9. The van der Waals surface area contributed by atoms with Gasteiger partial charge in [0.1, 0.15) is 5.78 Å². The van der Waals surface area contributed by atoms with Gasteiger partial charge in [-0.25, -0.2) is 0 Å². The van der Waals surface area contributed by atoms with Crippen LogP contribution in [0.1, 0.15) is 32.6 Å². The lowest BCUT2D eigenvalue weighted by atomic mass is 9.94. The van der Waals surface area contributed by atoms with E-state index in [1.165, 1.54) is 30.8 Å². The first-order chi connectivity index (χ1) is 5.73. The van der Waals surface area contributed by atoms with Crippen molar-refractivity contribution >= 4 is 17.5 Å². The molecule has 2 rings (SSSR count). The van der Waals surface area contributed by atoms with Crippen molar-refractivity contribution < 1.29 is 4.79 Å². The van der Waals surface area contributed by atoms with Gasteiger partial charge in [-0.15, -0.1) is 0 Å². The Hall–Kier alpha value is 0.0200. The van der Waals surface area contributed by atoms with Crippen molar-refractivity contribution in [3.63, 3.8) is 0 Å². The van der Waals surface area contributed by atoms with Gasteiger partial charge in [0.25, 0.3) is 0 Å². The first-order valence-electron chi connectivity index (χ1n) is 4.80. The van der Waals surface area contributed by atoms with E-state index in [2.05, 4.69) is 11.8 Å². The first kappa shape index (κ1) is 8.61. The monoisotopic (exact) mass is 184 g/mol. The Balaban J connectivity index is 1.86. The van der Waals surface area contributed by atoms with E-state index in [0.29, 0.717) is 11.2 Å². The van der Waals surface area contributed by atoms with Gasteiger partial charge in [0, 0.05) is 6.42 Å². The molecule has 2 heteroatoms. The average molecular weight is 184 g/mol. The van der Waals surface area contributed by atoms with Crippen molar-refractivity contribution in [3.05, 3.63) is 0 Å². The highest BCUT2D eigenvalue weighted by atomic mass is 32.2. The van der Waals surface area contributed by atoms with E-state index in [9.17, 15) is 4.79 Å². The lowest BCUT2D eigenvalue weighted by Crippen LogP contribution is -2.13. The summed E-state index contributed by atoms with van der Waals surface area (Å²) in [6.45, 7) is 1.73. The molecular formula is C10H16OS. The molecule has 1 spiro atoms. The van der Waals surface area contributed by atoms with Gasteiger partial charge in [-0.1, -0.05) is 0 Å². The zero-order chi connectivity index (χ0) is 8.60. The zero-order valence-electron chi connectivity index (χ0n) is 7.64. The molecular weight excluding hydrogens is 168 g/mol. The Morgan fingerprint density at radius 2 is 2.17 bits per heavy atom. The van der Waals surface area contributed by atoms with E-state index < -0.39 is 0 Å². The summed E-state index contributed by atoms with van der Waals surface area (Å²) >= 11 is 2.07. The van der Waals surface area contributed by atoms with Crippen LogP contribution in [0, 0.1) is 11.3 Å². The van der Waals surface area contributed by atoms with E-state index in [4.69, 9.17) is 0 Å². The molecule has 0 bridgehead atoms. The highest BCUT2D eigenvalue weighted by molar-refractivity contribution is 7.99. The molecule has 1 saturated carbocycles. The lowest BCUT2D eigenvalue weighted by Gasteiger charge is -2.21. The maximum atomic E-state index is 10.9. The summed E-state index contributed by atoms with van der Waals surface area (Å²) in [4.78, 5) is 10.9. The maximum Gasteiger partial charge on any atom is 0.130 e. The standard InChI is InChI=1S/C10H16OS/c1-8(11)6-9-7-10(9)2-4-12-5-3-10/h9H,2-7H2,1H3. The fourth-order valence-corrected chi connectivity index (χ4v) is 3.76. The number of carbonyl (C=O) groups excluding carboxylic acids is 1. The summed E-state index contributed by atoms with van der Waals surface area (Å²) in [5.41, 5.74) is 0.636. The Bertz CT molecular complexity index is 194. The Labute approximate surface area is 78.3 Å². The minimum absolute atomic E-state index is 0.384. The predicted octanol–water partition coefficient (Wildman–Crippen LogP) is 2.50. The summed E-state index contributed by atoms with van der Waals surface area (Å²) in [7, 11) is 0. The summed E-state index contributed by atoms with van der Waals surface area (Å²) in [6, 6.07) is 0. The smallest absolute Gasteiger partial charge is 0.130 e. The molecule has 0 radical (unpaired) electrons. The van der Waals surface area contributed by atoms with Gasteiger partial charge in [-0.05, 0) is 49.0 Å². The molecule has 1 heterocycles. The van der Waals surface area contributed by atoms with Crippen molar-refractivity contribution in [1.29, 1.82) is 0 Å². The van der Waals surface area contributed by atoms with Crippen LogP contribution in [0.2, 0.25) is 0 Å². The Morgan fingerprint density at radius 1 is 1.50 bits per heavy atom. The van der Waals surface area contributed by atoms with Crippen LogP contribution in [0.5, 0.6) is 0 Å². The molecule has 1 saturated heterocycles. The molecule has 1 nitrogen and oxygen atoms in total. The average Bonchev–Trinajstić information content (AvgIpc) is 2.63. The molecule has 0 aromatic heterocycles. The molecule has 0 aromatic carbocycles. The van der Waals surface area contributed by atoms with Crippen molar-refractivity contribution in [2.24, 2.45) is 11.3 Å². The highest BCUT2D eigenvalue weighted by Gasteiger charge is 2.53. The van der Waals surface area contributed by atoms with E-state index >= 15 is 0 Å². The van der Waals surface area contributed by atoms with E-state index in [-0.39, 0.29) is 0 Å².